The number of aliphatic hydroxyl groups excluding tert-OH is 1. The summed E-state index contributed by atoms with van der Waals surface area (Å²) in [6.45, 7) is 1.83. The summed E-state index contributed by atoms with van der Waals surface area (Å²) in [7, 11) is 0. The van der Waals surface area contributed by atoms with Crippen molar-refractivity contribution in [2.45, 2.75) is 13.2 Å². The highest BCUT2D eigenvalue weighted by molar-refractivity contribution is 6.32. The van der Waals surface area contributed by atoms with Crippen LogP contribution >= 0.6 is 11.6 Å². The monoisotopic (exact) mass is 379 g/mol. The standard InChI is InChI=1S/C18H14ClN7O/c1-11-7-16(26(24-11)15-8-12(9-20)3-4-14(15)19)23-18(27)13-10-22-25-6-2-5-21-17(13)25/h2-8,10,18,23,27H,1H3. The van der Waals surface area contributed by atoms with E-state index in [-0.39, 0.29) is 0 Å². The molecular weight excluding hydrogens is 366 g/mol. The van der Waals surface area contributed by atoms with E-state index in [1.807, 2.05) is 6.92 Å². The van der Waals surface area contributed by atoms with Crippen LogP contribution in [0.1, 0.15) is 23.0 Å². The number of aryl methyl sites for hydroxylation is 1. The Hall–Kier alpha value is -3.41. The van der Waals surface area contributed by atoms with E-state index in [2.05, 4.69) is 26.6 Å². The molecule has 4 aromatic rings. The predicted molar refractivity (Wildman–Crippen MR) is 99.6 cm³/mol. The van der Waals surface area contributed by atoms with E-state index in [1.54, 1.807) is 58.1 Å². The van der Waals surface area contributed by atoms with Crippen molar-refractivity contribution in [1.82, 2.24) is 24.4 Å². The maximum absolute atomic E-state index is 10.7. The van der Waals surface area contributed by atoms with Crippen molar-refractivity contribution in [3.05, 3.63) is 70.8 Å². The van der Waals surface area contributed by atoms with E-state index in [4.69, 9.17) is 16.9 Å². The third-order valence-corrected chi connectivity index (χ3v) is 4.34. The maximum atomic E-state index is 10.7. The minimum absolute atomic E-state index is 0.437. The Bertz CT molecular complexity index is 1170. The van der Waals surface area contributed by atoms with Gasteiger partial charge >= 0.3 is 0 Å². The number of aliphatic hydroxyl groups is 1. The fraction of sp³-hybridized carbons (Fsp3) is 0.111. The van der Waals surface area contributed by atoms with Crippen molar-refractivity contribution in [2.75, 3.05) is 5.32 Å². The number of benzene rings is 1. The molecule has 0 radical (unpaired) electrons. The minimum Gasteiger partial charge on any atom is -0.369 e. The molecule has 0 saturated heterocycles. The second kappa shape index (κ2) is 6.72. The maximum Gasteiger partial charge on any atom is 0.162 e. The molecule has 0 fully saturated rings. The molecule has 8 nitrogen and oxygen atoms in total. The fourth-order valence-electron chi connectivity index (χ4n) is 2.79. The topological polar surface area (TPSA) is 104 Å². The molecule has 27 heavy (non-hydrogen) atoms. The van der Waals surface area contributed by atoms with Gasteiger partial charge in [0.05, 0.1) is 39.8 Å². The molecule has 3 aromatic heterocycles. The molecule has 3 heterocycles. The number of fused-ring (bicyclic) bond motifs is 1. The Balaban J connectivity index is 1.73. The first-order valence-electron chi connectivity index (χ1n) is 8.06. The smallest absolute Gasteiger partial charge is 0.162 e. The van der Waals surface area contributed by atoms with Gasteiger partial charge in [0.15, 0.2) is 11.9 Å². The highest BCUT2D eigenvalue weighted by Gasteiger charge is 2.18. The molecule has 1 unspecified atom stereocenters. The van der Waals surface area contributed by atoms with Crippen LogP contribution in [-0.2, 0) is 0 Å². The molecule has 2 N–H and O–H groups in total. The van der Waals surface area contributed by atoms with Crippen LogP contribution in [0.5, 0.6) is 0 Å². The van der Waals surface area contributed by atoms with Gasteiger partial charge in [-0.15, -0.1) is 0 Å². The van der Waals surface area contributed by atoms with Gasteiger partial charge in [-0.2, -0.15) is 15.5 Å². The van der Waals surface area contributed by atoms with Gasteiger partial charge in [-0.3, -0.25) is 0 Å². The lowest BCUT2D eigenvalue weighted by atomic mass is 10.2. The second-order valence-electron chi connectivity index (χ2n) is 5.90. The molecule has 1 aromatic carbocycles. The van der Waals surface area contributed by atoms with Crippen molar-refractivity contribution in [3.63, 3.8) is 0 Å². The van der Waals surface area contributed by atoms with Gasteiger partial charge in [-0.25, -0.2) is 14.2 Å². The van der Waals surface area contributed by atoms with E-state index in [9.17, 15) is 5.11 Å². The number of rotatable bonds is 4. The van der Waals surface area contributed by atoms with Crippen molar-refractivity contribution in [3.8, 4) is 11.8 Å². The van der Waals surface area contributed by atoms with Crippen LogP contribution < -0.4 is 5.32 Å². The summed E-state index contributed by atoms with van der Waals surface area (Å²) >= 11 is 6.30. The first-order valence-corrected chi connectivity index (χ1v) is 8.44. The first kappa shape index (κ1) is 17.0. The van der Waals surface area contributed by atoms with E-state index in [0.717, 1.165) is 5.69 Å². The Morgan fingerprint density at radius 2 is 2.19 bits per heavy atom. The molecule has 0 aliphatic carbocycles. The summed E-state index contributed by atoms with van der Waals surface area (Å²) in [6.07, 6.45) is 3.87. The van der Waals surface area contributed by atoms with Crippen molar-refractivity contribution in [1.29, 1.82) is 5.26 Å². The predicted octanol–water partition coefficient (Wildman–Crippen LogP) is 2.85. The Kier molecular flexibility index (Phi) is 4.24. The van der Waals surface area contributed by atoms with E-state index < -0.39 is 6.23 Å². The van der Waals surface area contributed by atoms with Crippen LogP contribution in [0, 0.1) is 18.3 Å². The summed E-state index contributed by atoms with van der Waals surface area (Å²) < 4.78 is 3.14. The molecule has 0 bridgehead atoms. The zero-order valence-corrected chi connectivity index (χ0v) is 15.0. The third-order valence-electron chi connectivity index (χ3n) is 4.02. The fourth-order valence-corrected chi connectivity index (χ4v) is 2.98. The second-order valence-corrected chi connectivity index (χ2v) is 6.30. The van der Waals surface area contributed by atoms with Gasteiger partial charge in [0.25, 0.3) is 0 Å². The van der Waals surface area contributed by atoms with Gasteiger partial charge in [0.2, 0.25) is 0 Å². The number of hydrogen-bond donors (Lipinski definition) is 2. The molecule has 0 aliphatic rings. The first-order chi connectivity index (χ1) is 13.1. The van der Waals surface area contributed by atoms with E-state index in [0.29, 0.717) is 33.3 Å². The van der Waals surface area contributed by atoms with Crippen LogP contribution in [0.2, 0.25) is 5.02 Å². The third kappa shape index (κ3) is 3.10. The normalized spacial score (nSPS) is 12.1. The summed E-state index contributed by atoms with van der Waals surface area (Å²) in [4.78, 5) is 4.25. The largest absolute Gasteiger partial charge is 0.369 e. The summed E-state index contributed by atoms with van der Waals surface area (Å²) in [5, 5.41) is 31.9. The van der Waals surface area contributed by atoms with Crippen LogP contribution in [0.25, 0.3) is 11.3 Å². The molecule has 0 amide bonds. The number of anilines is 1. The number of nitrogens with one attached hydrogen (secondary N) is 1. The van der Waals surface area contributed by atoms with Crippen LogP contribution in [0.4, 0.5) is 5.82 Å². The molecule has 4 rings (SSSR count). The molecule has 0 saturated carbocycles. The summed E-state index contributed by atoms with van der Waals surface area (Å²) in [6, 6.07) is 10.5. The average molecular weight is 380 g/mol. The SMILES string of the molecule is Cc1cc(NC(O)c2cnn3cccnc23)n(-c2cc(C#N)ccc2Cl)n1. The van der Waals surface area contributed by atoms with Gasteiger partial charge in [0.1, 0.15) is 5.82 Å². The Morgan fingerprint density at radius 3 is 3.00 bits per heavy atom. The highest BCUT2D eigenvalue weighted by Crippen LogP contribution is 2.27. The lowest BCUT2D eigenvalue weighted by Crippen LogP contribution is -2.13. The summed E-state index contributed by atoms with van der Waals surface area (Å²) in [5.41, 5.74) is 2.79. The quantitative estimate of drug-likeness (QED) is 0.528. The van der Waals surface area contributed by atoms with Crippen LogP contribution in [0.15, 0.2) is 48.9 Å². The highest BCUT2D eigenvalue weighted by atomic mass is 35.5. The number of nitrogens with zero attached hydrogens (tertiary/aromatic N) is 6. The van der Waals surface area contributed by atoms with E-state index >= 15 is 0 Å². The minimum atomic E-state index is -1.06. The van der Waals surface area contributed by atoms with Gasteiger partial charge in [-0.05, 0) is 31.2 Å². The van der Waals surface area contributed by atoms with Crippen LogP contribution in [0.3, 0.4) is 0 Å². The number of halogens is 1. The van der Waals surface area contributed by atoms with Gasteiger partial charge in [-0.1, -0.05) is 11.6 Å². The molecule has 0 aliphatic heterocycles. The Morgan fingerprint density at radius 1 is 1.33 bits per heavy atom. The average Bonchev–Trinajstić information content (AvgIpc) is 3.25. The molecular formula is C18H14ClN7O. The van der Waals surface area contributed by atoms with E-state index in [1.165, 1.54) is 0 Å². The molecule has 134 valence electrons. The Labute approximate surface area is 159 Å². The number of aromatic nitrogens is 5. The van der Waals surface area contributed by atoms with Gasteiger partial charge < -0.3 is 10.4 Å². The van der Waals surface area contributed by atoms with Gasteiger partial charge in [0, 0.05) is 18.5 Å². The molecule has 0 spiro atoms. The lowest BCUT2D eigenvalue weighted by molar-refractivity contribution is 0.208. The molecule has 1 atom stereocenters. The zero-order valence-electron chi connectivity index (χ0n) is 14.2. The lowest BCUT2D eigenvalue weighted by Gasteiger charge is -2.15. The zero-order chi connectivity index (χ0) is 19.0. The van der Waals surface area contributed by atoms with Crippen molar-refractivity contribution < 1.29 is 5.11 Å². The molecule has 9 heteroatoms. The number of nitriles is 1. The van der Waals surface area contributed by atoms with Crippen LogP contribution in [-0.4, -0.2) is 29.5 Å². The van der Waals surface area contributed by atoms with Crippen molar-refractivity contribution in [2.24, 2.45) is 0 Å². The summed E-state index contributed by atoms with van der Waals surface area (Å²) in [5.74, 6) is 0.521. The number of hydrogen-bond acceptors (Lipinski definition) is 6. The van der Waals surface area contributed by atoms with Crippen molar-refractivity contribution >= 4 is 23.1 Å².